The van der Waals surface area contributed by atoms with E-state index in [-0.39, 0.29) is 29.7 Å². The number of ether oxygens (including phenoxy) is 6. The predicted octanol–water partition coefficient (Wildman–Crippen LogP) is 4.39. The van der Waals surface area contributed by atoms with Crippen molar-refractivity contribution in [3.05, 3.63) is 119 Å². The van der Waals surface area contributed by atoms with Crippen molar-refractivity contribution in [3.63, 3.8) is 0 Å². The molecule has 1 aliphatic heterocycles. The van der Waals surface area contributed by atoms with Crippen LogP contribution in [0.5, 0.6) is 0 Å². The van der Waals surface area contributed by atoms with Crippen LogP contribution >= 0.6 is 0 Å². The first kappa shape index (κ1) is 45.3. The van der Waals surface area contributed by atoms with E-state index in [9.17, 15) is 34.2 Å². The molecule has 3 aliphatic carbocycles. The van der Waals surface area contributed by atoms with Gasteiger partial charge in [0.1, 0.15) is 23.9 Å². The Balaban J connectivity index is 1.40. The lowest BCUT2D eigenvalue weighted by atomic mass is 9.44. The molecule has 15 heteroatoms. The molecule has 334 valence electrons. The molecule has 7 rings (SSSR count). The zero-order chi connectivity index (χ0) is 45.6. The van der Waals surface area contributed by atoms with Crippen LogP contribution in [0.1, 0.15) is 86.7 Å². The fourth-order valence-electron chi connectivity index (χ4n) is 10.4. The van der Waals surface area contributed by atoms with Crippen molar-refractivity contribution >= 4 is 35.6 Å². The van der Waals surface area contributed by atoms with E-state index in [2.05, 4.69) is 5.32 Å². The first-order valence-electron chi connectivity index (χ1n) is 20.9. The van der Waals surface area contributed by atoms with E-state index < -0.39 is 113 Å². The van der Waals surface area contributed by atoms with Crippen LogP contribution in [0.4, 0.5) is 0 Å². The molecule has 2 bridgehead atoms. The summed E-state index contributed by atoms with van der Waals surface area (Å²) in [5.74, 6) is -6.38. The third kappa shape index (κ3) is 7.64. The molecule has 0 spiro atoms. The second-order valence-electron chi connectivity index (χ2n) is 17.6. The Morgan fingerprint density at radius 1 is 0.825 bits per heavy atom. The lowest BCUT2D eigenvalue weighted by molar-refractivity contribution is -0.346. The van der Waals surface area contributed by atoms with Gasteiger partial charge in [0.2, 0.25) is 0 Å². The van der Waals surface area contributed by atoms with Crippen molar-refractivity contribution in [2.75, 3.05) is 13.7 Å². The van der Waals surface area contributed by atoms with E-state index in [1.165, 1.54) is 33.1 Å². The van der Waals surface area contributed by atoms with Crippen LogP contribution in [-0.2, 0) is 47.6 Å². The Labute approximate surface area is 365 Å². The summed E-state index contributed by atoms with van der Waals surface area (Å²) in [5, 5.41) is 28.8. The van der Waals surface area contributed by atoms with Crippen LogP contribution in [0.2, 0.25) is 0 Å². The third-order valence-electron chi connectivity index (χ3n) is 13.7. The van der Waals surface area contributed by atoms with Crippen molar-refractivity contribution in [2.45, 2.75) is 108 Å². The number of ketones is 1. The molecular formula is C48H53NO14. The Morgan fingerprint density at radius 2 is 1.41 bits per heavy atom. The minimum Gasteiger partial charge on any atom is -0.456 e. The highest BCUT2D eigenvalue weighted by Gasteiger charge is 2.78. The normalized spacial score (nSPS) is 31.5. The maximum absolute atomic E-state index is 15.6. The van der Waals surface area contributed by atoms with E-state index in [4.69, 9.17) is 28.4 Å². The summed E-state index contributed by atoms with van der Waals surface area (Å²) in [6.07, 6.45) is -9.71. The van der Waals surface area contributed by atoms with Gasteiger partial charge >= 0.3 is 23.9 Å². The quantitative estimate of drug-likeness (QED) is 0.139. The molecule has 3 N–H and O–H groups in total. The Bertz CT molecular complexity index is 2300. The van der Waals surface area contributed by atoms with E-state index in [0.717, 1.165) is 6.92 Å². The van der Waals surface area contributed by atoms with Crippen molar-refractivity contribution in [3.8, 4) is 0 Å². The van der Waals surface area contributed by atoms with Crippen LogP contribution in [0.15, 0.2) is 102 Å². The molecule has 3 aromatic carbocycles. The van der Waals surface area contributed by atoms with Gasteiger partial charge in [-0.15, -0.1) is 0 Å². The molecule has 1 saturated heterocycles. The minimum absolute atomic E-state index is 0.0429. The number of Topliss-reactive ketones (excluding diaryl/α,β-unsaturated/α-hetero) is 1. The Morgan fingerprint density at radius 3 is 1.95 bits per heavy atom. The average molecular weight is 868 g/mol. The number of fused-ring (bicyclic) bond motifs is 5. The fourth-order valence-corrected chi connectivity index (χ4v) is 10.4. The monoisotopic (exact) mass is 867 g/mol. The largest absolute Gasteiger partial charge is 0.456 e. The summed E-state index contributed by atoms with van der Waals surface area (Å²) in [6.45, 7) is 8.16. The second kappa shape index (κ2) is 17.1. The van der Waals surface area contributed by atoms with Crippen molar-refractivity contribution in [1.29, 1.82) is 0 Å². The van der Waals surface area contributed by atoms with Gasteiger partial charge in [-0.2, -0.15) is 0 Å². The number of methoxy groups -OCH3 is 1. The van der Waals surface area contributed by atoms with Gasteiger partial charge in [0, 0.05) is 44.8 Å². The zero-order valence-corrected chi connectivity index (χ0v) is 36.2. The first-order chi connectivity index (χ1) is 29.8. The molecule has 1 amide bonds. The number of benzene rings is 3. The van der Waals surface area contributed by atoms with Crippen molar-refractivity contribution < 1.29 is 67.4 Å². The standard InChI is InChI=1S/C48H53NO14/c1-26-32(61-44(56)38(58-7)36(29-17-11-8-12-18-29)49-42(54)30-19-13-9-14-20-30)24-48(57)41(62-43(55)31-21-15-10-16-22-31)39-46(6,33(52)23-34-47(39,25-59-34)63-28(3)51)40(53)37(60-27(2)50)35(26)45(48,4)5/h8-22,32-34,36-39,41,52,57H,23-25H2,1-7H3,(H,49,54)/t32-,33-,34?,36-,37+,38+,39?,41-,46+,47-,48+/m0/s1. The van der Waals surface area contributed by atoms with E-state index in [1.54, 1.807) is 99.6 Å². The number of carbonyl (C=O) groups excluding carboxylic acids is 6. The van der Waals surface area contributed by atoms with Gasteiger partial charge in [-0.05, 0) is 54.8 Å². The van der Waals surface area contributed by atoms with E-state index in [1.807, 2.05) is 0 Å². The molecule has 63 heavy (non-hydrogen) atoms. The maximum Gasteiger partial charge on any atom is 0.338 e. The number of nitrogens with one attached hydrogen (secondary N) is 1. The third-order valence-corrected chi connectivity index (χ3v) is 13.7. The lowest BCUT2D eigenvalue weighted by Crippen LogP contribution is -2.82. The summed E-state index contributed by atoms with van der Waals surface area (Å²) in [6, 6.07) is 23.9. The number of aliphatic hydroxyl groups excluding tert-OH is 1. The Kier molecular flexibility index (Phi) is 12.3. The van der Waals surface area contributed by atoms with Gasteiger partial charge in [0.05, 0.1) is 35.6 Å². The number of aliphatic hydroxyl groups is 2. The van der Waals surface area contributed by atoms with Crippen molar-refractivity contribution in [1.82, 2.24) is 5.32 Å². The molecule has 3 fully saturated rings. The van der Waals surface area contributed by atoms with Crippen LogP contribution in [0, 0.1) is 16.7 Å². The SMILES string of the molecule is CO[C@@H](C(=O)O[C@H]1C[C@@]2(O)[C@@H](OC(=O)c3ccccc3)C3[C@]4(OC(C)=O)COC4C[C@H](O)[C@@]3(C)C(=O)[C@H](OC(C)=O)C(=C1C)C2(C)C)[C@@H](NC(=O)c1ccccc1)c1ccccc1. The smallest absolute Gasteiger partial charge is 0.338 e. The molecule has 3 aromatic rings. The van der Waals surface area contributed by atoms with Gasteiger partial charge in [-0.3, -0.25) is 19.2 Å². The molecule has 15 nitrogen and oxygen atoms in total. The number of rotatable bonds is 11. The molecule has 4 aliphatic rings. The summed E-state index contributed by atoms with van der Waals surface area (Å²) >= 11 is 0. The number of amides is 1. The number of hydrogen-bond acceptors (Lipinski definition) is 14. The van der Waals surface area contributed by atoms with E-state index >= 15 is 4.79 Å². The Hall–Kier alpha value is -5.74. The molecular weight excluding hydrogens is 815 g/mol. The first-order valence-corrected chi connectivity index (χ1v) is 20.9. The average Bonchev–Trinajstić information content (AvgIpc) is 3.25. The number of carbonyl (C=O) groups is 6. The molecule has 0 aromatic heterocycles. The number of esters is 4. The summed E-state index contributed by atoms with van der Waals surface area (Å²) in [5.41, 5.74) is -6.58. The topological polar surface area (TPSA) is 210 Å². The summed E-state index contributed by atoms with van der Waals surface area (Å²) in [4.78, 5) is 84.2. The fraction of sp³-hybridized carbons (Fsp3) is 0.458. The molecule has 11 atom stereocenters. The lowest BCUT2D eigenvalue weighted by Gasteiger charge is -2.67. The van der Waals surface area contributed by atoms with E-state index in [0.29, 0.717) is 11.1 Å². The van der Waals surface area contributed by atoms with Gasteiger partial charge in [-0.25, -0.2) is 9.59 Å². The van der Waals surface area contributed by atoms with Gasteiger partial charge in [0.25, 0.3) is 5.91 Å². The van der Waals surface area contributed by atoms with Crippen LogP contribution in [-0.4, -0.2) is 107 Å². The van der Waals surface area contributed by atoms with Gasteiger partial charge in [-0.1, -0.05) is 80.6 Å². The molecule has 2 unspecified atom stereocenters. The number of hydrogen-bond donors (Lipinski definition) is 3. The van der Waals surface area contributed by atoms with Crippen LogP contribution in [0.3, 0.4) is 0 Å². The highest BCUT2D eigenvalue weighted by molar-refractivity contribution is 5.96. The van der Waals surface area contributed by atoms with Crippen molar-refractivity contribution in [2.24, 2.45) is 16.7 Å². The van der Waals surface area contributed by atoms with Crippen LogP contribution in [0.25, 0.3) is 0 Å². The van der Waals surface area contributed by atoms with Gasteiger partial charge < -0.3 is 44.0 Å². The van der Waals surface area contributed by atoms with Gasteiger partial charge in [0.15, 0.2) is 23.6 Å². The maximum atomic E-state index is 15.6. The zero-order valence-electron chi connectivity index (χ0n) is 36.2. The van der Waals surface area contributed by atoms with Crippen LogP contribution < -0.4 is 5.32 Å². The molecule has 0 radical (unpaired) electrons. The summed E-state index contributed by atoms with van der Waals surface area (Å²) in [7, 11) is 1.28. The molecule has 2 saturated carbocycles. The molecule has 1 heterocycles. The highest BCUT2D eigenvalue weighted by Crippen LogP contribution is 2.64. The highest BCUT2D eigenvalue weighted by atomic mass is 16.6. The summed E-state index contributed by atoms with van der Waals surface area (Å²) < 4.78 is 36.4. The second-order valence-corrected chi connectivity index (χ2v) is 17.6. The minimum atomic E-state index is -2.35. The predicted molar refractivity (Wildman–Crippen MR) is 222 cm³/mol.